The highest BCUT2D eigenvalue weighted by atomic mass is 28.4. The zero-order valence-corrected chi connectivity index (χ0v) is 13.0. The molecule has 1 aromatic heterocycles. The van der Waals surface area contributed by atoms with E-state index in [0.717, 1.165) is 17.9 Å². The Morgan fingerprint density at radius 1 is 1.35 bits per heavy atom. The Morgan fingerprint density at radius 3 is 2.29 bits per heavy atom. The highest BCUT2D eigenvalue weighted by molar-refractivity contribution is 6.72. The van der Waals surface area contributed by atoms with Crippen molar-refractivity contribution < 1.29 is 4.43 Å². The molecule has 3 nitrogen and oxygen atoms in total. The Bertz CT molecular complexity index is 345. The number of hydrogen-bond donors (Lipinski definition) is 0. The summed E-state index contributed by atoms with van der Waals surface area (Å²) in [6, 6.07) is 2.33. The molecule has 0 aliphatic heterocycles. The summed E-state index contributed by atoms with van der Waals surface area (Å²) in [4.78, 5) is 4.45. The van der Waals surface area contributed by atoms with Crippen molar-refractivity contribution in [2.75, 3.05) is 0 Å². The molecule has 0 saturated heterocycles. The number of aromatic nitrogens is 2. The number of hydrogen-bond acceptors (Lipinski definition) is 2. The third-order valence-electron chi connectivity index (χ3n) is 3.63. The van der Waals surface area contributed by atoms with Crippen LogP contribution in [0.2, 0.25) is 18.6 Å². The van der Waals surface area contributed by atoms with Gasteiger partial charge in [-0.05, 0) is 24.6 Å². The largest absolute Gasteiger partial charge is 0.407 e. The number of nitrogens with zero attached hydrogens (tertiary/aromatic N) is 2. The maximum Gasteiger partial charge on any atom is 0.190 e. The molecule has 1 atom stereocenters. The molecule has 1 aromatic rings. The van der Waals surface area contributed by atoms with Gasteiger partial charge in [-0.1, -0.05) is 27.7 Å². The van der Waals surface area contributed by atoms with Gasteiger partial charge in [0.05, 0.1) is 0 Å². The van der Waals surface area contributed by atoms with E-state index >= 15 is 0 Å². The van der Waals surface area contributed by atoms with Gasteiger partial charge in [-0.2, -0.15) is 0 Å². The Kier molecular flexibility index (Phi) is 4.95. The first-order chi connectivity index (χ1) is 7.93. The normalized spacial score (nSPS) is 14.3. The second-order valence-electron chi connectivity index (χ2n) is 5.34. The van der Waals surface area contributed by atoms with Crippen molar-refractivity contribution in [3.05, 3.63) is 18.2 Å². The van der Waals surface area contributed by atoms with Crippen LogP contribution in [-0.4, -0.2) is 17.9 Å². The molecule has 0 radical (unpaired) electrons. The van der Waals surface area contributed by atoms with Crippen LogP contribution in [0.1, 0.15) is 39.6 Å². The van der Waals surface area contributed by atoms with Gasteiger partial charge in [0, 0.05) is 19.4 Å². The molecular formula is C13H26N2OSi. The Hall–Kier alpha value is -0.613. The molecule has 4 heteroatoms. The number of rotatable bonds is 6. The lowest BCUT2D eigenvalue weighted by molar-refractivity contribution is 0.130. The number of aryl methyl sites for hydroxylation is 1. The van der Waals surface area contributed by atoms with Crippen LogP contribution in [0.5, 0.6) is 0 Å². The topological polar surface area (TPSA) is 27.1 Å². The average molecular weight is 254 g/mol. The lowest BCUT2D eigenvalue weighted by atomic mass is 10.1. The minimum Gasteiger partial charge on any atom is -0.407 e. The third-order valence-corrected chi connectivity index (χ3v) is 7.44. The molecule has 0 saturated carbocycles. The molecule has 0 aliphatic carbocycles. The maximum absolute atomic E-state index is 6.48. The average Bonchev–Trinajstić information content (AvgIpc) is 2.71. The summed E-state index contributed by atoms with van der Waals surface area (Å²) in [5, 5.41) is 0. The van der Waals surface area contributed by atoms with Gasteiger partial charge in [-0.15, -0.1) is 0 Å². The molecule has 0 N–H and O–H groups in total. The second-order valence-corrected chi connectivity index (χ2v) is 9.89. The molecule has 17 heavy (non-hydrogen) atoms. The molecule has 0 aliphatic rings. The van der Waals surface area contributed by atoms with Gasteiger partial charge in [0.2, 0.25) is 0 Å². The van der Waals surface area contributed by atoms with Gasteiger partial charge < -0.3 is 8.99 Å². The Labute approximate surface area is 106 Å². The van der Waals surface area contributed by atoms with E-state index in [9.17, 15) is 0 Å². The van der Waals surface area contributed by atoms with Gasteiger partial charge in [0.1, 0.15) is 11.9 Å². The lowest BCUT2D eigenvalue weighted by Gasteiger charge is -2.32. The van der Waals surface area contributed by atoms with Crippen molar-refractivity contribution >= 4 is 8.32 Å². The summed E-state index contributed by atoms with van der Waals surface area (Å²) in [5.74, 6) is 1.52. The molecule has 0 aromatic carbocycles. The molecule has 1 heterocycles. The maximum atomic E-state index is 6.48. The van der Waals surface area contributed by atoms with Gasteiger partial charge in [-0.3, -0.25) is 0 Å². The molecule has 98 valence electrons. The molecule has 0 fully saturated rings. The van der Waals surface area contributed by atoms with Crippen molar-refractivity contribution in [1.29, 1.82) is 0 Å². The fourth-order valence-corrected chi connectivity index (χ4v) is 3.69. The summed E-state index contributed by atoms with van der Waals surface area (Å²) >= 11 is 0. The highest BCUT2D eigenvalue weighted by Gasteiger charge is 2.32. The molecule has 0 amide bonds. The summed E-state index contributed by atoms with van der Waals surface area (Å²) < 4.78 is 8.55. The molecule has 0 spiro atoms. The van der Waals surface area contributed by atoms with Crippen LogP contribution >= 0.6 is 0 Å². The van der Waals surface area contributed by atoms with Crippen molar-refractivity contribution in [3.63, 3.8) is 0 Å². The summed E-state index contributed by atoms with van der Waals surface area (Å²) in [5.41, 5.74) is 0. The van der Waals surface area contributed by atoms with Crippen LogP contribution in [-0.2, 0) is 11.5 Å². The summed E-state index contributed by atoms with van der Waals surface area (Å²) in [6.07, 6.45) is 3.97. The Balaban J connectivity index is 2.92. The first-order valence-electron chi connectivity index (χ1n) is 6.58. The van der Waals surface area contributed by atoms with Crippen molar-refractivity contribution in [2.24, 2.45) is 13.0 Å². The van der Waals surface area contributed by atoms with Crippen LogP contribution < -0.4 is 0 Å². The lowest BCUT2D eigenvalue weighted by Crippen LogP contribution is -2.36. The van der Waals surface area contributed by atoms with E-state index < -0.39 is 8.32 Å². The first kappa shape index (κ1) is 14.4. The van der Waals surface area contributed by atoms with Gasteiger partial charge in [0.15, 0.2) is 8.32 Å². The first-order valence-corrected chi connectivity index (χ1v) is 9.40. The molecule has 0 bridgehead atoms. The van der Waals surface area contributed by atoms with E-state index in [1.165, 1.54) is 0 Å². The predicted molar refractivity (Wildman–Crippen MR) is 74.5 cm³/mol. The van der Waals surface area contributed by atoms with E-state index in [-0.39, 0.29) is 6.10 Å². The predicted octanol–water partition coefficient (Wildman–Crippen LogP) is 3.75. The fourth-order valence-electron chi connectivity index (χ4n) is 1.86. The van der Waals surface area contributed by atoms with Gasteiger partial charge in [-0.25, -0.2) is 4.98 Å². The van der Waals surface area contributed by atoms with Crippen LogP contribution in [0.15, 0.2) is 12.4 Å². The smallest absolute Gasteiger partial charge is 0.190 e. The van der Waals surface area contributed by atoms with E-state index in [0.29, 0.717) is 5.92 Å². The van der Waals surface area contributed by atoms with Crippen LogP contribution in [0.3, 0.4) is 0 Å². The molecular weight excluding hydrogens is 228 g/mol. The molecule has 1 unspecified atom stereocenters. The van der Waals surface area contributed by atoms with Crippen molar-refractivity contribution in [3.8, 4) is 0 Å². The van der Waals surface area contributed by atoms with Crippen molar-refractivity contribution in [2.45, 2.75) is 52.4 Å². The highest BCUT2D eigenvalue weighted by Crippen LogP contribution is 2.31. The van der Waals surface area contributed by atoms with Crippen molar-refractivity contribution in [1.82, 2.24) is 9.55 Å². The van der Waals surface area contributed by atoms with E-state index in [4.69, 9.17) is 4.43 Å². The standard InChI is InChI=1S/C13H26N2OSi/c1-7-17(6,8-2)16-12(11(3)4)13-14-9-10-15(13)5/h9-12H,7-8H2,1-6H3. The summed E-state index contributed by atoms with van der Waals surface area (Å²) in [7, 11) is 0.484. The quantitative estimate of drug-likeness (QED) is 0.723. The zero-order chi connectivity index (χ0) is 13.1. The van der Waals surface area contributed by atoms with E-state index in [1.54, 1.807) is 0 Å². The van der Waals surface area contributed by atoms with Crippen LogP contribution in [0.4, 0.5) is 0 Å². The minimum atomic E-state index is -1.56. The minimum absolute atomic E-state index is 0.131. The summed E-state index contributed by atoms with van der Waals surface area (Å²) in [6.45, 7) is 11.2. The van der Waals surface area contributed by atoms with Gasteiger partial charge >= 0.3 is 0 Å². The zero-order valence-electron chi connectivity index (χ0n) is 12.0. The Morgan fingerprint density at radius 2 is 1.94 bits per heavy atom. The number of imidazole rings is 1. The fraction of sp³-hybridized carbons (Fsp3) is 0.769. The van der Waals surface area contributed by atoms with Gasteiger partial charge in [0.25, 0.3) is 0 Å². The third kappa shape index (κ3) is 3.42. The van der Waals surface area contributed by atoms with Crippen LogP contribution in [0.25, 0.3) is 0 Å². The van der Waals surface area contributed by atoms with Crippen LogP contribution in [0, 0.1) is 5.92 Å². The second kappa shape index (κ2) is 5.82. The monoisotopic (exact) mass is 254 g/mol. The SMILES string of the molecule is CC[Si](C)(CC)OC(c1nccn1C)C(C)C. The van der Waals surface area contributed by atoms with E-state index in [2.05, 4.69) is 43.8 Å². The molecule has 1 rings (SSSR count). The van der Waals surface area contributed by atoms with E-state index in [1.807, 2.05) is 19.4 Å².